The van der Waals surface area contributed by atoms with Crippen LogP contribution in [0.15, 0.2) is 36.8 Å². The Kier molecular flexibility index (Phi) is 3.89. The monoisotopic (exact) mass is 341 g/mol. The molecule has 0 unspecified atom stereocenters. The van der Waals surface area contributed by atoms with Crippen LogP contribution in [0.5, 0.6) is 0 Å². The predicted octanol–water partition coefficient (Wildman–Crippen LogP) is 1.76. The zero-order valence-corrected chi connectivity index (χ0v) is 13.5. The molecule has 25 heavy (non-hydrogen) atoms. The van der Waals surface area contributed by atoms with Gasteiger partial charge in [-0.1, -0.05) is 0 Å². The first-order valence-electron chi connectivity index (χ1n) is 7.94. The van der Waals surface area contributed by atoms with Crippen LogP contribution in [-0.2, 0) is 11.8 Å². The molecule has 3 heterocycles. The van der Waals surface area contributed by atoms with Gasteiger partial charge in [0.1, 0.15) is 11.9 Å². The van der Waals surface area contributed by atoms with Crippen molar-refractivity contribution in [1.82, 2.24) is 25.1 Å². The van der Waals surface area contributed by atoms with Crippen molar-refractivity contribution >= 4 is 16.9 Å². The number of nitrogens with zero attached hydrogens (tertiary/aromatic N) is 4. The van der Waals surface area contributed by atoms with Gasteiger partial charge in [0.25, 0.3) is 5.91 Å². The van der Waals surface area contributed by atoms with Gasteiger partial charge in [0.2, 0.25) is 0 Å². The smallest absolute Gasteiger partial charge is 0.254 e. The Labute approximate surface area is 142 Å². The van der Waals surface area contributed by atoms with Crippen LogP contribution in [0.1, 0.15) is 28.6 Å². The summed E-state index contributed by atoms with van der Waals surface area (Å²) in [5.41, 5.74) is 1.70. The third kappa shape index (κ3) is 2.85. The Morgan fingerprint density at radius 2 is 2.04 bits per heavy atom. The van der Waals surface area contributed by atoms with Crippen molar-refractivity contribution in [3.63, 3.8) is 0 Å². The lowest BCUT2D eigenvalue weighted by Gasteiger charge is -2.20. The molecule has 128 valence electrons. The van der Waals surface area contributed by atoms with Gasteiger partial charge in [-0.2, -0.15) is 5.10 Å². The molecule has 3 aromatic rings. The third-order valence-electron chi connectivity index (χ3n) is 4.36. The Balaban J connectivity index is 1.59. The standard InChI is InChI=1S/C17H16FN5O2/c1-23-15(2-4-21-23)16-12(3-7-25-16)22-17(24)10-8-13-14(9-11(10)18)20-6-5-19-13/h2,4-6,8-9,12,16H,3,7H2,1H3,(H,22,24)/t12-,16-/m0/s1. The molecule has 0 saturated carbocycles. The van der Waals surface area contributed by atoms with E-state index in [0.717, 1.165) is 5.69 Å². The number of benzene rings is 1. The third-order valence-corrected chi connectivity index (χ3v) is 4.36. The van der Waals surface area contributed by atoms with Crippen LogP contribution in [0.2, 0.25) is 0 Å². The molecule has 2 atom stereocenters. The van der Waals surface area contributed by atoms with E-state index >= 15 is 0 Å². The SMILES string of the molecule is Cn1nccc1[C@H]1OCC[C@@H]1NC(=O)c1cc2nccnc2cc1F. The largest absolute Gasteiger partial charge is 0.370 e. The molecule has 8 heteroatoms. The number of aryl methyl sites for hydroxylation is 1. The highest BCUT2D eigenvalue weighted by Gasteiger charge is 2.33. The molecule has 1 aromatic carbocycles. The molecular weight excluding hydrogens is 325 g/mol. The first-order valence-corrected chi connectivity index (χ1v) is 7.94. The molecule has 4 rings (SSSR count). The Morgan fingerprint density at radius 1 is 1.28 bits per heavy atom. The second-order valence-electron chi connectivity index (χ2n) is 5.92. The number of hydrogen-bond donors (Lipinski definition) is 1. The average Bonchev–Trinajstić information content (AvgIpc) is 3.22. The number of nitrogens with one attached hydrogen (secondary N) is 1. The van der Waals surface area contributed by atoms with Crippen LogP contribution in [0, 0.1) is 5.82 Å². The predicted molar refractivity (Wildman–Crippen MR) is 87.3 cm³/mol. The lowest BCUT2D eigenvalue weighted by Crippen LogP contribution is -2.37. The maximum absolute atomic E-state index is 14.3. The molecule has 2 aromatic heterocycles. The number of amides is 1. The average molecular weight is 341 g/mol. The maximum Gasteiger partial charge on any atom is 0.254 e. The fourth-order valence-electron chi connectivity index (χ4n) is 3.10. The maximum atomic E-state index is 14.3. The van der Waals surface area contributed by atoms with Crippen molar-refractivity contribution in [2.75, 3.05) is 6.61 Å². The van der Waals surface area contributed by atoms with Crippen molar-refractivity contribution in [3.05, 3.63) is 53.9 Å². The summed E-state index contributed by atoms with van der Waals surface area (Å²) in [7, 11) is 1.82. The van der Waals surface area contributed by atoms with E-state index in [4.69, 9.17) is 4.74 Å². The highest BCUT2D eigenvalue weighted by Crippen LogP contribution is 2.29. The van der Waals surface area contributed by atoms with Gasteiger partial charge in [0, 0.05) is 38.3 Å². The van der Waals surface area contributed by atoms with Crippen LogP contribution in [0.25, 0.3) is 11.0 Å². The van der Waals surface area contributed by atoms with Crippen LogP contribution in [-0.4, -0.2) is 38.3 Å². The molecule has 1 fully saturated rings. The number of halogens is 1. The highest BCUT2D eigenvalue weighted by molar-refractivity contribution is 5.97. The van der Waals surface area contributed by atoms with E-state index in [1.165, 1.54) is 24.5 Å². The molecule has 1 N–H and O–H groups in total. The summed E-state index contributed by atoms with van der Waals surface area (Å²) < 4.78 is 21.8. The molecule has 1 aliphatic heterocycles. The van der Waals surface area contributed by atoms with Crippen molar-refractivity contribution in [3.8, 4) is 0 Å². The van der Waals surface area contributed by atoms with Crippen molar-refractivity contribution in [1.29, 1.82) is 0 Å². The van der Waals surface area contributed by atoms with Crippen LogP contribution < -0.4 is 5.32 Å². The van der Waals surface area contributed by atoms with Gasteiger partial charge in [-0.05, 0) is 18.6 Å². The van der Waals surface area contributed by atoms with Gasteiger partial charge in [-0.15, -0.1) is 0 Å². The summed E-state index contributed by atoms with van der Waals surface area (Å²) in [6, 6.07) is 4.24. The molecule has 0 spiro atoms. The number of hydrogen-bond acceptors (Lipinski definition) is 5. The molecule has 0 aliphatic carbocycles. The van der Waals surface area contributed by atoms with E-state index in [9.17, 15) is 9.18 Å². The lowest BCUT2D eigenvalue weighted by molar-refractivity contribution is 0.0790. The van der Waals surface area contributed by atoms with Crippen molar-refractivity contribution in [2.45, 2.75) is 18.6 Å². The van der Waals surface area contributed by atoms with Gasteiger partial charge in [0.15, 0.2) is 0 Å². The summed E-state index contributed by atoms with van der Waals surface area (Å²) in [5.74, 6) is -1.12. The summed E-state index contributed by atoms with van der Waals surface area (Å²) >= 11 is 0. The molecule has 1 aliphatic rings. The van der Waals surface area contributed by atoms with Gasteiger partial charge in [-0.25, -0.2) is 4.39 Å². The number of fused-ring (bicyclic) bond motifs is 1. The van der Waals surface area contributed by atoms with Crippen LogP contribution >= 0.6 is 0 Å². The topological polar surface area (TPSA) is 81.9 Å². The number of carbonyl (C=O) groups excluding carboxylic acids is 1. The number of rotatable bonds is 3. The molecular formula is C17H16FN5O2. The summed E-state index contributed by atoms with van der Waals surface area (Å²) in [6.45, 7) is 0.520. The second-order valence-corrected chi connectivity index (χ2v) is 5.92. The zero-order valence-electron chi connectivity index (χ0n) is 13.5. The van der Waals surface area contributed by atoms with Crippen molar-refractivity contribution < 1.29 is 13.9 Å². The van der Waals surface area contributed by atoms with Crippen LogP contribution in [0.3, 0.4) is 0 Å². The molecule has 0 radical (unpaired) electrons. The lowest BCUT2D eigenvalue weighted by atomic mass is 10.1. The van der Waals surface area contributed by atoms with E-state index in [-0.39, 0.29) is 17.7 Å². The fraction of sp³-hybridized carbons (Fsp3) is 0.294. The Hall–Kier alpha value is -2.87. The van der Waals surface area contributed by atoms with Gasteiger partial charge >= 0.3 is 0 Å². The quantitative estimate of drug-likeness (QED) is 0.785. The second kappa shape index (κ2) is 6.21. The summed E-state index contributed by atoms with van der Waals surface area (Å²) in [4.78, 5) is 20.7. The van der Waals surface area contributed by atoms with E-state index in [1.807, 2.05) is 13.1 Å². The normalized spacial score (nSPS) is 20.1. The van der Waals surface area contributed by atoms with E-state index < -0.39 is 11.7 Å². The fourth-order valence-corrected chi connectivity index (χ4v) is 3.10. The zero-order chi connectivity index (χ0) is 17.4. The number of aromatic nitrogens is 4. The Morgan fingerprint density at radius 3 is 2.76 bits per heavy atom. The number of carbonyl (C=O) groups is 1. The summed E-state index contributed by atoms with van der Waals surface area (Å²) in [6.07, 6.45) is 5.01. The Bertz CT molecular complexity index is 942. The van der Waals surface area contributed by atoms with Crippen LogP contribution in [0.4, 0.5) is 4.39 Å². The van der Waals surface area contributed by atoms with Gasteiger partial charge in [0.05, 0.1) is 28.3 Å². The summed E-state index contributed by atoms with van der Waals surface area (Å²) in [5, 5.41) is 7.00. The minimum Gasteiger partial charge on any atom is -0.370 e. The number of ether oxygens (including phenoxy) is 1. The van der Waals surface area contributed by atoms with E-state index in [0.29, 0.717) is 24.1 Å². The van der Waals surface area contributed by atoms with E-state index in [2.05, 4.69) is 20.4 Å². The van der Waals surface area contributed by atoms with Gasteiger partial charge in [-0.3, -0.25) is 19.4 Å². The molecule has 7 nitrogen and oxygen atoms in total. The first kappa shape index (κ1) is 15.6. The van der Waals surface area contributed by atoms with E-state index in [1.54, 1.807) is 10.9 Å². The van der Waals surface area contributed by atoms with Crippen molar-refractivity contribution in [2.24, 2.45) is 7.05 Å². The minimum atomic E-state index is -0.624. The minimum absolute atomic E-state index is 0.0522. The highest BCUT2D eigenvalue weighted by atomic mass is 19.1. The molecule has 0 bridgehead atoms. The molecule has 1 amide bonds. The molecule has 1 saturated heterocycles. The first-order chi connectivity index (χ1) is 12.1. The van der Waals surface area contributed by atoms with Gasteiger partial charge < -0.3 is 10.1 Å².